The highest BCUT2D eigenvalue weighted by atomic mass is 32.2. The fraction of sp³-hybridized carbons (Fsp3) is 0.480. The van der Waals surface area contributed by atoms with Gasteiger partial charge in [-0.3, -0.25) is 4.79 Å². The molecule has 166 valence electrons. The van der Waals surface area contributed by atoms with Crippen LogP contribution < -0.4 is 15.1 Å². The maximum absolute atomic E-state index is 11.7. The molecule has 1 N–H and O–H groups in total. The van der Waals surface area contributed by atoms with Crippen molar-refractivity contribution in [1.29, 1.82) is 0 Å². The molecule has 2 heterocycles. The molecule has 0 bridgehead atoms. The van der Waals surface area contributed by atoms with Crippen molar-refractivity contribution in [3.8, 4) is 0 Å². The van der Waals surface area contributed by atoms with Crippen molar-refractivity contribution in [2.45, 2.75) is 50.3 Å². The zero-order valence-corrected chi connectivity index (χ0v) is 20.2. The molecular weight excluding hydrogens is 404 g/mol. The van der Waals surface area contributed by atoms with Crippen LogP contribution in [0.5, 0.6) is 0 Å². The number of nitrogens with one attached hydrogen (secondary N) is 1. The minimum absolute atomic E-state index is 0.174. The first-order valence-electron chi connectivity index (χ1n) is 11.3. The monoisotopic (exact) mass is 438 g/mol. The van der Waals surface area contributed by atoms with Gasteiger partial charge in [0.15, 0.2) is 0 Å². The van der Waals surface area contributed by atoms with E-state index in [4.69, 9.17) is 0 Å². The first-order valence-corrected chi connectivity index (χ1v) is 12.1. The van der Waals surface area contributed by atoms with E-state index in [0.717, 1.165) is 32.7 Å². The van der Waals surface area contributed by atoms with Crippen LogP contribution >= 0.6 is 11.8 Å². The SMILES string of the molecule is CCCCN(C)c1cc(C)c2c(c1)Sc1cc(N3CCN(C(C)=O)CC3)cc(C)c1N2. The van der Waals surface area contributed by atoms with Crippen LogP contribution in [0.25, 0.3) is 0 Å². The first kappa shape index (κ1) is 21.9. The Hall–Kier alpha value is -2.34. The Morgan fingerprint density at radius 3 is 2.32 bits per heavy atom. The molecule has 0 aromatic heterocycles. The van der Waals surface area contributed by atoms with Crippen molar-refractivity contribution < 1.29 is 4.79 Å². The molecule has 1 amide bonds. The quantitative estimate of drug-likeness (QED) is 0.576. The second-order valence-electron chi connectivity index (χ2n) is 8.77. The zero-order chi connectivity index (χ0) is 22.1. The van der Waals surface area contributed by atoms with Gasteiger partial charge in [-0.2, -0.15) is 0 Å². The standard InChI is InChI=1S/C25H34N4OS/c1-6-7-8-27(5)20-13-17(2)24-22(15-20)31-23-16-21(14-18(3)25(23)26-24)29-11-9-28(10-12-29)19(4)30/h13-16,26H,6-12H2,1-5H3. The molecular formula is C25H34N4OS. The number of nitrogens with zero attached hydrogens (tertiary/aromatic N) is 3. The lowest BCUT2D eigenvalue weighted by atomic mass is 10.1. The number of carbonyl (C=O) groups is 1. The van der Waals surface area contributed by atoms with Crippen molar-refractivity contribution in [2.75, 3.05) is 54.9 Å². The van der Waals surface area contributed by atoms with Crippen LogP contribution in [0.2, 0.25) is 0 Å². The second-order valence-corrected chi connectivity index (χ2v) is 9.85. The number of hydrogen-bond donors (Lipinski definition) is 1. The lowest BCUT2D eigenvalue weighted by molar-refractivity contribution is -0.129. The maximum atomic E-state index is 11.7. The molecule has 2 aromatic rings. The first-order chi connectivity index (χ1) is 14.9. The Balaban J connectivity index is 1.59. The van der Waals surface area contributed by atoms with Crippen LogP contribution in [0.4, 0.5) is 22.7 Å². The summed E-state index contributed by atoms with van der Waals surface area (Å²) in [5, 5.41) is 3.73. The predicted molar refractivity (Wildman–Crippen MR) is 132 cm³/mol. The number of piperazine rings is 1. The minimum atomic E-state index is 0.174. The third kappa shape index (κ3) is 4.49. The Kier molecular flexibility index (Phi) is 6.37. The second kappa shape index (κ2) is 9.03. The van der Waals surface area contributed by atoms with Crippen molar-refractivity contribution in [2.24, 2.45) is 0 Å². The van der Waals surface area contributed by atoms with Gasteiger partial charge in [0.25, 0.3) is 0 Å². The number of carbonyl (C=O) groups excluding carboxylic acids is 1. The summed E-state index contributed by atoms with van der Waals surface area (Å²) in [6.45, 7) is 12.7. The summed E-state index contributed by atoms with van der Waals surface area (Å²) < 4.78 is 0. The van der Waals surface area contributed by atoms with E-state index < -0.39 is 0 Å². The Bertz CT molecular complexity index is 982. The van der Waals surface area contributed by atoms with Crippen molar-refractivity contribution in [1.82, 2.24) is 4.90 Å². The van der Waals surface area contributed by atoms with E-state index in [9.17, 15) is 4.79 Å². The Morgan fingerprint density at radius 1 is 1.03 bits per heavy atom. The van der Waals surface area contributed by atoms with Crippen LogP contribution in [-0.4, -0.2) is 50.6 Å². The van der Waals surface area contributed by atoms with Crippen molar-refractivity contribution in [3.05, 3.63) is 35.4 Å². The molecule has 0 saturated carbocycles. The third-order valence-corrected chi connectivity index (χ3v) is 7.50. The molecule has 4 rings (SSSR count). The molecule has 0 aliphatic carbocycles. The van der Waals surface area contributed by atoms with Crippen molar-refractivity contribution >= 4 is 40.4 Å². The molecule has 6 heteroatoms. The number of benzene rings is 2. The summed E-state index contributed by atoms with van der Waals surface area (Å²) in [6.07, 6.45) is 2.42. The molecule has 31 heavy (non-hydrogen) atoms. The normalized spacial score (nSPS) is 15.3. The average Bonchev–Trinajstić information content (AvgIpc) is 2.76. The largest absolute Gasteiger partial charge is 0.375 e. The van der Waals surface area contributed by atoms with E-state index in [-0.39, 0.29) is 5.91 Å². The van der Waals surface area contributed by atoms with E-state index in [0.29, 0.717) is 0 Å². The van der Waals surface area contributed by atoms with Crippen LogP contribution in [0.1, 0.15) is 37.8 Å². The minimum Gasteiger partial charge on any atom is -0.375 e. The lowest BCUT2D eigenvalue weighted by Gasteiger charge is -2.36. The smallest absolute Gasteiger partial charge is 0.219 e. The molecule has 0 atom stereocenters. The van der Waals surface area contributed by atoms with E-state index in [1.807, 2.05) is 16.7 Å². The van der Waals surface area contributed by atoms with Gasteiger partial charge in [0.2, 0.25) is 5.91 Å². The number of rotatable bonds is 5. The topological polar surface area (TPSA) is 38.8 Å². The van der Waals surface area contributed by atoms with Gasteiger partial charge in [0, 0.05) is 67.9 Å². The van der Waals surface area contributed by atoms with Gasteiger partial charge in [0.05, 0.1) is 11.4 Å². The van der Waals surface area contributed by atoms with Crippen LogP contribution in [-0.2, 0) is 4.79 Å². The van der Waals surface area contributed by atoms with Gasteiger partial charge < -0.3 is 20.0 Å². The van der Waals surface area contributed by atoms with Crippen LogP contribution in [0, 0.1) is 13.8 Å². The number of aryl methyl sites for hydroxylation is 2. The number of anilines is 4. The Morgan fingerprint density at radius 2 is 1.68 bits per heavy atom. The molecule has 0 spiro atoms. The fourth-order valence-electron chi connectivity index (χ4n) is 4.40. The summed E-state index contributed by atoms with van der Waals surface area (Å²) in [5.74, 6) is 0.174. The summed E-state index contributed by atoms with van der Waals surface area (Å²) in [5.41, 5.74) is 7.55. The van der Waals surface area contributed by atoms with E-state index in [1.165, 1.54) is 56.5 Å². The molecule has 1 fully saturated rings. The number of unbranched alkanes of at least 4 members (excludes halogenated alkanes) is 1. The molecule has 0 unspecified atom stereocenters. The summed E-state index contributed by atoms with van der Waals surface area (Å²) in [7, 11) is 2.19. The van der Waals surface area contributed by atoms with Crippen molar-refractivity contribution in [3.63, 3.8) is 0 Å². The van der Waals surface area contributed by atoms with Gasteiger partial charge >= 0.3 is 0 Å². The predicted octanol–water partition coefficient (Wildman–Crippen LogP) is 5.42. The van der Waals surface area contributed by atoms with Gasteiger partial charge in [-0.15, -0.1) is 0 Å². The third-order valence-electron chi connectivity index (χ3n) is 6.42. The molecule has 2 aromatic carbocycles. The van der Waals surface area contributed by atoms with Gasteiger partial charge in [-0.25, -0.2) is 0 Å². The molecule has 2 aliphatic rings. The maximum Gasteiger partial charge on any atom is 0.219 e. The summed E-state index contributed by atoms with van der Waals surface area (Å²) in [6, 6.07) is 9.22. The molecule has 5 nitrogen and oxygen atoms in total. The molecule has 0 radical (unpaired) electrons. The van der Waals surface area contributed by atoms with Gasteiger partial charge in [-0.05, 0) is 55.7 Å². The molecule has 1 saturated heterocycles. The van der Waals surface area contributed by atoms with E-state index in [1.54, 1.807) is 6.92 Å². The van der Waals surface area contributed by atoms with E-state index in [2.05, 4.69) is 67.2 Å². The number of fused-ring (bicyclic) bond motifs is 2. The summed E-state index contributed by atoms with van der Waals surface area (Å²) >= 11 is 1.87. The lowest BCUT2D eigenvalue weighted by Crippen LogP contribution is -2.48. The summed E-state index contributed by atoms with van der Waals surface area (Å²) in [4.78, 5) is 20.9. The fourth-order valence-corrected chi connectivity index (χ4v) is 5.63. The highest BCUT2D eigenvalue weighted by Gasteiger charge is 2.24. The Labute approximate surface area is 190 Å². The molecule has 2 aliphatic heterocycles. The highest BCUT2D eigenvalue weighted by Crippen LogP contribution is 2.49. The zero-order valence-electron chi connectivity index (χ0n) is 19.4. The van der Waals surface area contributed by atoms with Gasteiger partial charge in [-0.1, -0.05) is 25.1 Å². The van der Waals surface area contributed by atoms with Crippen LogP contribution in [0.15, 0.2) is 34.1 Å². The average molecular weight is 439 g/mol. The van der Waals surface area contributed by atoms with Gasteiger partial charge in [0.1, 0.15) is 0 Å². The highest BCUT2D eigenvalue weighted by molar-refractivity contribution is 7.99. The van der Waals surface area contributed by atoms with E-state index >= 15 is 0 Å². The number of amides is 1. The van der Waals surface area contributed by atoms with Crippen LogP contribution in [0.3, 0.4) is 0 Å². The number of hydrogen-bond acceptors (Lipinski definition) is 5.